The molecule has 1 aliphatic carbocycles. The summed E-state index contributed by atoms with van der Waals surface area (Å²) in [6.07, 6.45) is 2.89. The summed E-state index contributed by atoms with van der Waals surface area (Å²) in [7, 11) is 4.08. The zero-order valence-electron chi connectivity index (χ0n) is 25.6. The van der Waals surface area contributed by atoms with Gasteiger partial charge in [-0.05, 0) is 49.1 Å². The fourth-order valence-electron chi connectivity index (χ4n) is 6.06. The van der Waals surface area contributed by atoms with Crippen molar-refractivity contribution in [2.24, 2.45) is 14.1 Å². The van der Waals surface area contributed by atoms with Crippen molar-refractivity contribution in [3.63, 3.8) is 0 Å². The van der Waals surface area contributed by atoms with Gasteiger partial charge in [0.15, 0.2) is 0 Å². The number of hydrogen-bond donors (Lipinski definition) is 3. The van der Waals surface area contributed by atoms with E-state index in [0.29, 0.717) is 30.1 Å². The van der Waals surface area contributed by atoms with Gasteiger partial charge in [0, 0.05) is 61.4 Å². The van der Waals surface area contributed by atoms with Crippen molar-refractivity contribution in [1.29, 1.82) is 0 Å². The Labute approximate surface area is 277 Å². The summed E-state index contributed by atoms with van der Waals surface area (Å²) in [6.45, 7) is 0.631. The number of benzene rings is 2. The van der Waals surface area contributed by atoms with Crippen LogP contribution in [0.25, 0.3) is 22.4 Å². The molecule has 12 nitrogen and oxygen atoms in total. The molecule has 4 aromatic rings. The lowest BCUT2D eigenvalue weighted by atomic mass is 9.98. The number of carbonyl (C=O) groups is 2. The number of ether oxygens (including phenoxy) is 1. The fourth-order valence-corrected chi connectivity index (χ4v) is 6.68. The van der Waals surface area contributed by atoms with E-state index in [4.69, 9.17) is 32.9 Å². The molecule has 2 aromatic carbocycles. The van der Waals surface area contributed by atoms with Gasteiger partial charge >= 0.3 is 5.69 Å². The number of amides is 2. The number of aryl methyl sites for hydroxylation is 2. The third kappa shape index (κ3) is 6.01. The largest absolute Gasteiger partial charge is 0.481 e. The molecule has 3 heterocycles. The molecule has 0 radical (unpaired) electrons. The number of fused-ring (bicyclic) bond motifs is 1. The smallest absolute Gasteiger partial charge is 0.346 e. The Balaban J connectivity index is 1.32. The van der Waals surface area contributed by atoms with Crippen molar-refractivity contribution in [2.75, 3.05) is 19.0 Å². The lowest BCUT2D eigenvalue weighted by Crippen LogP contribution is -2.43. The second-order valence-electron chi connectivity index (χ2n) is 11.4. The zero-order valence-corrected chi connectivity index (χ0v) is 27.1. The van der Waals surface area contributed by atoms with Crippen molar-refractivity contribution >= 4 is 40.7 Å². The minimum absolute atomic E-state index is 0.00818. The molecule has 1 fully saturated rings. The van der Waals surface area contributed by atoms with Crippen molar-refractivity contribution in [2.45, 2.75) is 37.8 Å². The van der Waals surface area contributed by atoms with Gasteiger partial charge in [-0.3, -0.25) is 19.0 Å². The van der Waals surface area contributed by atoms with Crippen LogP contribution in [0.5, 0.6) is 5.88 Å². The van der Waals surface area contributed by atoms with Crippen LogP contribution >= 0.6 is 23.2 Å². The highest BCUT2D eigenvalue weighted by Crippen LogP contribution is 2.45. The third-order valence-corrected chi connectivity index (χ3v) is 9.27. The van der Waals surface area contributed by atoms with Gasteiger partial charge in [0.2, 0.25) is 17.5 Å². The average molecular weight is 683 g/mol. The van der Waals surface area contributed by atoms with Gasteiger partial charge in [0.05, 0.1) is 28.5 Å². The molecule has 2 aromatic heterocycles. The Kier molecular flexibility index (Phi) is 8.88. The Morgan fingerprint density at radius 1 is 1.09 bits per heavy atom. The summed E-state index contributed by atoms with van der Waals surface area (Å²) in [5.41, 5.74) is 1.01. The van der Waals surface area contributed by atoms with Crippen molar-refractivity contribution in [3.8, 4) is 28.3 Å². The number of nitrogens with zero attached hydrogens (tertiary/aromatic N) is 4. The monoisotopic (exact) mass is 681 g/mol. The number of halogens is 3. The van der Waals surface area contributed by atoms with E-state index in [-0.39, 0.29) is 44.9 Å². The highest BCUT2D eigenvalue weighted by molar-refractivity contribution is 6.39. The van der Waals surface area contributed by atoms with Crippen LogP contribution in [0.1, 0.15) is 46.9 Å². The Hall–Kier alpha value is -4.59. The minimum atomic E-state index is -0.907. The molecule has 1 aliphatic heterocycles. The predicted molar refractivity (Wildman–Crippen MR) is 175 cm³/mol. The second kappa shape index (κ2) is 12.9. The fraction of sp³-hybridized carbons (Fsp3) is 0.312. The van der Waals surface area contributed by atoms with Gasteiger partial charge < -0.3 is 20.7 Å². The van der Waals surface area contributed by atoms with Gasteiger partial charge in [-0.15, -0.1) is 0 Å². The Bertz CT molecular complexity index is 2070. The molecule has 2 amide bonds. The van der Waals surface area contributed by atoms with E-state index in [9.17, 15) is 19.2 Å². The van der Waals surface area contributed by atoms with Crippen LogP contribution in [-0.4, -0.2) is 50.8 Å². The van der Waals surface area contributed by atoms with Crippen LogP contribution in [0.2, 0.25) is 10.0 Å². The first-order valence-electron chi connectivity index (χ1n) is 14.8. The maximum atomic E-state index is 15.5. The molecule has 6 rings (SSSR count). The van der Waals surface area contributed by atoms with E-state index in [1.54, 1.807) is 12.1 Å². The zero-order chi connectivity index (χ0) is 33.6. The number of anilines is 1. The van der Waals surface area contributed by atoms with Crippen LogP contribution in [0.4, 0.5) is 10.1 Å². The minimum Gasteiger partial charge on any atom is -0.481 e. The standard InChI is InChI=1S/C32H30Cl2FN7O5/c1-41-31(45)28(40-42(2)32(41)46)29(44)38-21-6-4-5-18(26(21)33)25-19(35)10-9-17(27(25)34)22-13-15-7-11-20(24(15)30(39-22)47-3)36-14-16-8-12-23(43)37-16/h4-6,9-10,13,16,20,36H,7-8,11-12,14H2,1-3H3,(H,37,43)(H,38,44)/t16-,20-/m0/s1. The van der Waals surface area contributed by atoms with Crippen LogP contribution in [0.3, 0.4) is 0 Å². The van der Waals surface area contributed by atoms with Crippen LogP contribution in [0.15, 0.2) is 46.0 Å². The van der Waals surface area contributed by atoms with Gasteiger partial charge in [-0.25, -0.2) is 18.9 Å². The van der Waals surface area contributed by atoms with Crippen molar-refractivity contribution in [3.05, 3.63) is 89.9 Å². The molecule has 3 N–H and O–H groups in total. The lowest BCUT2D eigenvalue weighted by molar-refractivity contribution is -0.119. The molecule has 0 bridgehead atoms. The molecule has 1 saturated heterocycles. The molecular weight excluding hydrogens is 652 g/mol. The lowest BCUT2D eigenvalue weighted by Gasteiger charge is -2.20. The predicted octanol–water partition coefficient (Wildman–Crippen LogP) is 3.77. The number of pyridine rings is 1. The summed E-state index contributed by atoms with van der Waals surface area (Å²) < 4.78 is 22.8. The quantitative estimate of drug-likeness (QED) is 0.255. The van der Waals surface area contributed by atoms with E-state index in [2.05, 4.69) is 21.0 Å². The summed E-state index contributed by atoms with van der Waals surface area (Å²) in [4.78, 5) is 53.9. The molecule has 15 heteroatoms. The summed E-state index contributed by atoms with van der Waals surface area (Å²) >= 11 is 13.6. The van der Waals surface area contributed by atoms with E-state index >= 15 is 4.39 Å². The summed E-state index contributed by atoms with van der Waals surface area (Å²) in [5, 5.41) is 12.8. The molecule has 2 aliphatic rings. The van der Waals surface area contributed by atoms with Gasteiger partial charge in [-0.2, -0.15) is 5.10 Å². The highest BCUT2D eigenvalue weighted by atomic mass is 35.5. The normalized spacial score (nSPS) is 17.0. The Morgan fingerprint density at radius 3 is 2.60 bits per heavy atom. The number of carbonyl (C=O) groups excluding carboxylic acids is 2. The molecule has 0 spiro atoms. The van der Waals surface area contributed by atoms with Crippen LogP contribution in [0, 0.1) is 5.82 Å². The maximum absolute atomic E-state index is 15.5. The van der Waals surface area contributed by atoms with Crippen molar-refractivity contribution in [1.82, 2.24) is 30.0 Å². The van der Waals surface area contributed by atoms with Crippen molar-refractivity contribution < 1.29 is 18.7 Å². The molecule has 0 saturated carbocycles. The van der Waals surface area contributed by atoms with Crippen LogP contribution < -0.4 is 31.9 Å². The highest BCUT2D eigenvalue weighted by Gasteiger charge is 2.31. The first-order chi connectivity index (χ1) is 22.5. The SMILES string of the molecule is COc1nc(-c2ccc(F)c(-c3cccc(NC(=O)c4nn(C)c(=O)n(C)c4=O)c3Cl)c2Cl)cc2c1[C@@H](NC[C@@H]1CCC(=O)N1)CC2. The third-order valence-electron chi connectivity index (χ3n) is 8.47. The number of rotatable bonds is 8. The van der Waals surface area contributed by atoms with E-state index in [1.165, 1.54) is 39.4 Å². The topological polar surface area (TPSA) is 149 Å². The summed E-state index contributed by atoms with van der Waals surface area (Å²) in [5.74, 6) is -1.08. The number of hydrogen-bond acceptors (Lipinski definition) is 8. The first kappa shape index (κ1) is 32.4. The Morgan fingerprint density at radius 2 is 1.87 bits per heavy atom. The second-order valence-corrected chi connectivity index (χ2v) is 12.2. The molecule has 47 heavy (non-hydrogen) atoms. The van der Waals surface area contributed by atoms with Crippen LogP contribution in [-0.2, 0) is 25.3 Å². The first-order valence-corrected chi connectivity index (χ1v) is 15.6. The molecule has 244 valence electrons. The number of aromatic nitrogens is 4. The number of nitrogens with one attached hydrogen (secondary N) is 3. The van der Waals surface area contributed by atoms with E-state index in [0.717, 1.165) is 39.6 Å². The average Bonchev–Trinajstić information content (AvgIpc) is 3.67. The van der Waals surface area contributed by atoms with E-state index in [1.807, 2.05) is 6.07 Å². The van der Waals surface area contributed by atoms with Gasteiger partial charge in [-0.1, -0.05) is 35.3 Å². The van der Waals surface area contributed by atoms with Gasteiger partial charge in [0.1, 0.15) is 5.82 Å². The molecule has 2 atom stereocenters. The number of methoxy groups -OCH3 is 1. The summed E-state index contributed by atoms with van der Waals surface area (Å²) in [6, 6.07) is 9.36. The molecule has 0 unspecified atom stereocenters. The van der Waals surface area contributed by atoms with E-state index < -0.39 is 28.7 Å². The molecular formula is C32H30Cl2FN7O5. The maximum Gasteiger partial charge on any atom is 0.346 e. The van der Waals surface area contributed by atoms with Gasteiger partial charge in [0.25, 0.3) is 11.5 Å².